The molecule has 1 aliphatic heterocycles. The fraction of sp³-hybridized carbons (Fsp3) is 0.500. The average Bonchev–Trinajstić information content (AvgIpc) is 3.19. The van der Waals surface area contributed by atoms with E-state index in [0.717, 1.165) is 38.2 Å². The van der Waals surface area contributed by atoms with Gasteiger partial charge in [0.1, 0.15) is 11.9 Å². The number of unbranched alkanes of at least 4 members (excludes halogenated alkanes) is 3. The van der Waals surface area contributed by atoms with Crippen molar-refractivity contribution in [3.8, 4) is 5.75 Å². The topological polar surface area (TPSA) is 41.5 Å². The first-order valence-corrected chi connectivity index (χ1v) is 10.7. The lowest BCUT2D eigenvalue weighted by Crippen LogP contribution is -2.25. The van der Waals surface area contributed by atoms with Crippen LogP contribution in [-0.4, -0.2) is 30.4 Å². The first-order chi connectivity index (χ1) is 14.5. The molecule has 2 aromatic rings. The first-order valence-electron chi connectivity index (χ1n) is 10.7. The van der Waals surface area contributed by atoms with Gasteiger partial charge in [-0.1, -0.05) is 49.2 Å². The standard InChI is InChI=1S/C24H30F3NO2/c25-24(26,27)23-15-21(30-22-14-20(17-29)28-16-22)13-12-19(23)11-7-2-1-4-8-18-9-5-3-6-10-18/h3,5-6,9-10,12-13,15,20,22,28-29H,1-2,4,7-8,11,14,16-17H2/t20-,22+/m0/s1. The second kappa shape index (κ2) is 10.8. The molecule has 1 saturated heterocycles. The number of aliphatic hydroxyl groups is 1. The van der Waals surface area contributed by atoms with E-state index in [1.807, 2.05) is 18.2 Å². The van der Waals surface area contributed by atoms with Crippen LogP contribution in [0, 0.1) is 0 Å². The van der Waals surface area contributed by atoms with E-state index >= 15 is 0 Å². The smallest absolute Gasteiger partial charge is 0.416 e. The Bertz CT molecular complexity index is 780. The molecular formula is C24H30F3NO2. The van der Waals surface area contributed by atoms with Crippen LogP contribution in [0.1, 0.15) is 48.8 Å². The number of hydrogen-bond acceptors (Lipinski definition) is 3. The number of hydrogen-bond donors (Lipinski definition) is 2. The molecule has 2 N–H and O–H groups in total. The number of alkyl halides is 3. The van der Waals surface area contributed by atoms with Gasteiger partial charge in [-0.3, -0.25) is 0 Å². The van der Waals surface area contributed by atoms with Crippen molar-refractivity contribution in [1.82, 2.24) is 5.32 Å². The van der Waals surface area contributed by atoms with Crippen LogP contribution in [-0.2, 0) is 19.0 Å². The van der Waals surface area contributed by atoms with Crippen molar-refractivity contribution < 1.29 is 23.0 Å². The molecule has 0 spiro atoms. The molecule has 30 heavy (non-hydrogen) atoms. The number of ether oxygens (including phenoxy) is 1. The molecule has 1 aliphatic rings. The maximum Gasteiger partial charge on any atom is 0.416 e. The van der Waals surface area contributed by atoms with E-state index in [4.69, 9.17) is 9.84 Å². The largest absolute Gasteiger partial charge is 0.489 e. The van der Waals surface area contributed by atoms with E-state index in [1.54, 1.807) is 12.1 Å². The van der Waals surface area contributed by atoms with Gasteiger partial charge in [0.15, 0.2) is 0 Å². The van der Waals surface area contributed by atoms with E-state index in [9.17, 15) is 13.2 Å². The highest BCUT2D eigenvalue weighted by Crippen LogP contribution is 2.35. The molecule has 0 bridgehead atoms. The summed E-state index contributed by atoms with van der Waals surface area (Å²) in [6, 6.07) is 14.5. The number of aryl methyl sites for hydroxylation is 2. The molecular weight excluding hydrogens is 391 g/mol. The maximum atomic E-state index is 13.6. The van der Waals surface area contributed by atoms with Crippen LogP contribution in [0.3, 0.4) is 0 Å². The first kappa shape index (κ1) is 22.6. The zero-order valence-corrected chi connectivity index (χ0v) is 17.1. The molecule has 6 heteroatoms. The second-order valence-electron chi connectivity index (χ2n) is 7.98. The van der Waals surface area contributed by atoms with Crippen molar-refractivity contribution in [2.75, 3.05) is 13.2 Å². The van der Waals surface area contributed by atoms with E-state index in [0.29, 0.717) is 24.9 Å². The molecule has 2 aromatic carbocycles. The molecule has 0 saturated carbocycles. The minimum absolute atomic E-state index is 0.00204. The Morgan fingerprint density at radius 2 is 1.70 bits per heavy atom. The fourth-order valence-corrected chi connectivity index (χ4v) is 3.96. The number of halogens is 3. The lowest BCUT2D eigenvalue weighted by molar-refractivity contribution is -0.138. The lowest BCUT2D eigenvalue weighted by atomic mass is 9.99. The van der Waals surface area contributed by atoms with Crippen molar-refractivity contribution in [2.45, 2.75) is 63.3 Å². The van der Waals surface area contributed by atoms with Crippen LogP contribution >= 0.6 is 0 Å². The van der Waals surface area contributed by atoms with Gasteiger partial charge in [-0.15, -0.1) is 0 Å². The predicted octanol–water partition coefficient (Wildman–Crippen LogP) is 5.15. The molecule has 1 fully saturated rings. The summed E-state index contributed by atoms with van der Waals surface area (Å²) >= 11 is 0. The van der Waals surface area contributed by atoms with Crippen molar-refractivity contribution in [2.24, 2.45) is 0 Å². The van der Waals surface area contributed by atoms with Gasteiger partial charge in [-0.05, 0) is 48.9 Å². The van der Waals surface area contributed by atoms with Crippen LogP contribution in [0.2, 0.25) is 0 Å². The summed E-state index contributed by atoms with van der Waals surface area (Å²) in [6.45, 7) is 0.523. The zero-order valence-electron chi connectivity index (χ0n) is 17.1. The quantitative estimate of drug-likeness (QED) is 0.521. The zero-order chi connectivity index (χ0) is 21.4. The third-order valence-corrected chi connectivity index (χ3v) is 5.60. The molecule has 1 heterocycles. The summed E-state index contributed by atoms with van der Waals surface area (Å²) in [7, 11) is 0. The Morgan fingerprint density at radius 3 is 2.37 bits per heavy atom. The van der Waals surface area contributed by atoms with Crippen molar-refractivity contribution in [3.63, 3.8) is 0 Å². The van der Waals surface area contributed by atoms with Gasteiger partial charge >= 0.3 is 6.18 Å². The highest BCUT2D eigenvalue weighted by Gasteiger charge is 2.34. The van der Waals surface area contributed by atoms with Crippen LogP contribution in [0.25, 0.3) is 0 Å². The lowest BCUT2D eigenvalue weighted by Gasteiger charge is -2.17. The summed E-state index contributed by atoms with van der Waals surface area (Å²) in [5.41, 5.74) is 1.03. The monoisotopic (exact) mass is 421 g/mol. The van der Waals surface area contributed by atoms with Gasteiger partial charge < -0.3 is 15.2 Å². The molecule has 3 rings (SSSR count). The summed E-state index contributed by atoms with van der Waals surface area (Å²) in [4.78, 5) is 0. The molecule has 0 amide bonds. The van der Waals surface area contributed by atoms with E-state index in [2.05, 4.69) is 17.4 Å². The number of benzene rings is 2. The fourth-order valence-electron chi connectivity index (χ4n) is 3.96. The van der Waals surface area contributed by atoms with Crippen molar-refractivity contribution in [1.29, 1.82) is 0 Å². The van der Waals surface area contributed by atoms with E-state index in [1.165, 1.54) is 5.56 Å². The minimum atomic E-state index is -4.40. The average molecular weight is 422 g/mol. The van der Waals surface area contributed by atoms with E-state index < -0.39 is 11.7 Å². The predicted molar refractivity (Wildman–Crippen MR) is 112 cm³/mol. The molecule has 164 valence electrons. The third kappa shape index (κ3) is 6.74. The van der Waals surface area contributed by atoms with Gasteiger partial charge in [-0.25, -0.2) is 0 Å². The highest BCUT2D eigenvalue weighted by molar-refractivity contribution is 5.38. The molecule has 0 unspecified atom stereocenters. The third-order valence-electron chi connectivity index (χ3n) is 5.60. The van der Waals surface area contributed by atoms with Gasteiger partial charge in [0.25, 0.3) is 0 Å². The Balaban J connectivity index is 1.50. The number of aliphatic hydroxyl groups excluding tert-OH is 1. The van der Waals surface area contributed by atoms with Gasteiger partial charge in [0.05, 0.1) is 12.2 Å². The van der Waals surface area contributed by atoms with Crippen LogP contribution in [0.15, 0.2) is 48.5 Å². The normalized spacial score (nSPS) is 19.2. The summed E-state index contributed by atoms with van der Waals surface area (Å²) < 4.78 is 46.5. The minimum Gasteiger partial charge on any atom is -0.489 e. The second-order valence-corrected chi connectivity index (χ2v) is 7.98. The molecule has 0 aromatic heterocycles. The Labute approximate surface area is 176 Å². The Morgan fingerprint density at radius 1 is 0.967 bits per heavy atom. The SMILES string of the molecule is OC[C@@H]1C[C@@H](Oc2ccc(CCCCCCc3ccccc3)c(C(F)(F)F)c2)CN1. The van der Waals surface area contributed by atoms with Gasteiger partial charge in [-0.2, -0.15) is 13.2 Å². The highest BCUT2D eigenvalue weighted by atomic mass is 19.4. The summed E-state index contributed by atoms with van der Waals surface area (Å²) in [5, 5.41) is 12.3. The molecule has 0 radical (unpaired) electrons. The molecule has 3 nitrogen and oxygen atoms in total. The van der Waals surface area contributed by atoms with Gasteiger partial charge in [0.2, 0.25) is 0 Å². The van der Waals surface area contributed by atoms with Crippen LogP contribution < -0.4 is 10.1 Å². The van der Waals surface area contributed by atoms with Crippen LogP contribution in [0.5, 0.6) is 5.75 Å². The Hall–Kier alpha value is -2.05. The molecule has 0 aliphatic carbocycles. The van der Waals surface area contributed by atoms with Crippen LogP contribution in [0.4, 0.5) is 13.2 Å². The number of rotatable bonds is 10. The van der Waals surface area contributed by atoms with E-state index in [-0.39, 0.29) is 24.5 Å². The van der Waals surface area contributed by atoms with Crippen molar-refractivity contribution in [3.05, 3.63) is 65.2 Å². The molecule has 2 atom stereocenters. The number of nitrogens with one attached hydrogen (secondary N) is 1. The summed E-state index contributed by atoms with van der Waals surface area (Å²) in [5.74, 6) is 0.235. The Kier molecular flexibility index (Phi) is 8.16. The summed E-state index contributed by atoms with van der Waals surface area (Å²) in [6.07, 6.45) is 1.10. The maximum absolute atomic E-state index is 13.6. The van der Waals surface area contributed by atoms with Gasteiger partial charge in [0, 0.05) is 19.0 Å². The van der Waals surface area contributed by atoms with Crippen molar-refractivity contribution >= 4 is 0 Å².